The molecule has 0 bridgehead atoms. The first kappa shape index (κ1) is 20.1. The number of rotatable bonds is 5. The fourth-order valence-electron chi connectivity index (χ4n) is 2.30. The van der Waals surface area contributed by atoms with Crippen molar-refractivity contribution in [2.24, 2.45) is 0 Å². The van der Waals surface area contributed by atoms with E-state index in [1.54, 1.807) is 36.4 Å². The highest BCUT2D eigenvalue weighted by atomic mass is 35.5. The largest absolute Gasteiger partial charge is 0.465 e. The first-order valence-corrected chi connectivity index (χ1v) is 9.68. The van der Waals surface area contributed by atoms with Gasteiger partial charge in [-0.2, -0.15) is 0 Å². The molecule has 144 valence electrons. The number of hydrazine groups is 1. The number of nitrogens with one attached hydrogen (secondary N) is 2. The van der Waals surface area contributed by atoms with Crippen LogP contribution in [0, 0.1) is 0 Å². The van der Waals surface area contributed by atoms with E-state index in [9.17, 15) is 14.4 Å². The third-order valence-electron chi connectivity index (χ3n) is 3.65. The first-order chi connectivity index (χ1) is 13.4. The summed E-state index contributed by atoms with van der Waals surface area (Å²) in [4.78, 5) is 38.2. The van der Waals surface area contributed by atoms with Crippen molar-refractivity contribution >= 4 is 63.7 Å². The van der Waals surface area contributed by atoms with E-state index >= 15 is 0 Å². The van der Waals surface area contributed by atoms with Crippen molar-refractivity contribution in [1.82, 2.24) is 15.8 Å². The molecule has 0 radical (unpaired) electrons. The van der Waals surface area contributed by atoms with Gasteiger partial charge in [-0.1, -0.05) is 41.6 Å². The molecule has 7 nitrogen and oxygen atoms in total. The molecule has 1 fully saturated rings. The number of nitrogens with zero attached hydrogens (tertiary/aromatic N) is 1. The van der Waals surface area contributed by atoms with E-state index in [4.69, 9.17) is 28.2 Å². The van der Waals surface area contributed by atoms with E-state index in [1.807, 2.05) is 0 Å². The quantitative estimate of drug-likeness (QED) is 0.426. The summed E-state index contributed by atoms with van der Waals surface area (Å²) in [5.41, 5.74) is 4.91. The zero-order valence-corrected chi connectivity index (χ0v) is 16.7. The molecule has 0 unspecified atom stereocenters. The SMILES string of the molecule is O=C(CCN1C(=O)/C(=C\c2ccco2)SC1=S)NNC(=O)c1cccc(Cl)c1. The summed E-state index contributed by atoms with van der Waals surface area (Å²) < 4.78 is 5.55. The molecule has 0 spiro atoms. The molecule has 0 atom stereocenters. The zero-order valence-electron chi connectivity index (χ0n) is 14.3. The molecule has 3 amide bonds. The maximum Gasteiger partial charge on any atom is 0.269 e. The lowest BCUT2D eigenvalue weighted by molar-refractivity contribution is -0.124. The van der Waals surface area contributed by atoms with Crippen molar-refractivity contribution in [1.29, 1.82) is 0 Å². The molecule has 0 aliphatic carbocycles. The molecule has 1 aliphatic rings. The van der Waals surface area contributed by atoms with Crippen LogP contribution in [0.25, 0.3) is 6.08 Å². The third kappa shape index (κ3) is 5.00. The molecule has 10 heteroatoms. The van der Waals surface area contributed by atoms with E-state index in [-0.39, 0.29) is 18.9 Å². The molecule has 0 saturated carbocycles. The van der Waals surface area contributed by atoms with E-state index in [0.717, 1.165) is 11.8 Å². The number of thioether (sulfide) groups is 1. The van der Waals surface area contributed by atoms with Crippen molar-refractivity contribution in [2.45, 2.75) is 6.42 Å². The summed E-state index contributed by atoms with van der Waals surface area (Å²) in [6.07, 6.45) is 3.08. The van der Waals surface area contributed by atoms with E-state index in [1.165, 1.54) is 17.2 Å². The molecular formula is C18H14ClN3O4S2. The summed E-state index contributed by atoms with van der Waals surface area (Å²) in [6, 6.07) is 9.76. The molecule has 1 saturated heterocycles. The number of carbonyl (C=O) groups is 3. The van der Waals surface area contributed by atoms with Gasteiger partial charge >= 0.3 is 0 Å². The summed E-state index contributed by atoms with van der Waals surface area (Å²) in [5, 5.41) is 0.413. The fraction of sp³-hybridized carbons (Fsp3) is 0.111. The van der Waals surface area contributed by atoms with Crippen LogP contribution in [0.4, 0.5) is 0 Å². The van der Waals surface area contributed by atoms with Crippen molar-refractivity contribution < 1.29 is 18.8 Å². The number of halogens is 1. The number of carbonyl (C=O) groups excluding carboxylic acids is 3. The van der Waals surface area contributed by atoms with Crippen molar-refractivity contribution in [3.05, 3.63) is 63.9 Å². The highest BCUT2D eigenvalue weighted by molar-refractivity contribution is 8.26. The highest BCUT2D eigenvalue weighted by Gasteiger charge is 2.32. The maximum atomic E-state index is 12.4. The maximum absolute atomic E-state index is 12.4. The van der Waals surface area contributed by atoms with Crippen LogP contribution in [0.2, 0.25) is 5.02 Å². The third-order valence-corrected chi connectivity index (χ3v) is 5.27. The van der Waals surface area contributed by atoms with Crippen molar-refractivity contribution in [3.63, 3.8) is 0 Å². The second kappa shape index (κ2) is 9.05. The number of amides is 3. The normalized spacial score (nSPS) is 15.2. The molecule has 28 heavy (non-hydrogen) atoms. The second-order valence-electron chi connectivity index (χ2n) is 5.61. The van der Waals surface area contributed by atoms with Gasteiger partial charge in [0.2, 0.25) is 5.91 Å². The van der Waals surface area contributed by atoms with Crippen LogP contribution in [0.1, 0.15) is 22.5 Å². The topological polar surface area (TPSA) is 91.7 Å². The minimum atomic E-state index is -0.497. The van der Waals surface area contributed by atoms with Gasteiger partial charge in [-0.15, -0.1) is 0 Å². The Morgan fingerprint density at radius 3 is 2.79 bits per heavy atom. The first-order valence-electron chi connectivity index (χ1n) is 8.07. The Morgan fingerprint density at radius 1 is 1.25 bits per heavy atom. The Balaban J connectivity index is 1.49. The summed E-state index contributed by atoms with van der Waals surface area (Å²) >= 11 is 12.2. The molecule has 3 rings (SSSR count). The predicted octanol–water partition coefficient (Wildman–Crippen LogP) is 2.99. The zero-order chi connectivity index (χ0) is 20.1. The predicted molar refractivity (Wildman–Crippen MR) is 110 cm³/mol. The fourth-order valence-corrected chi connectivity index (χ4v) is 3.78. The van der Waals surface area contributed by atoms with Crippen molar-refractivity contribution in [2.75, 3.05) is 6.54 Å². The minimum Gasteiger partial charge on any atom is -0.465 e. The van der Waals surface area contributed by atoms with Gasteiger partial charge in [0.25, 0.3) is 11.8 Å². The molecule has 1 aromatic heterocycles. The number of hydrogen-bond donors (Lipinski definition) is 2. The van der Waals surface area contributed by atoms with E-state index in [2.05, 4.69) is 10.9 Å². The van der Waals surface area contributed by atoms with Gasteiger partial charge in [-0.25, -0.2) is 0 Å². The second-order valence-corrected chi connectivity index (χ2v) is 7.72. The average molecular weight is 436 g/mol. The Kier molecular flexibility index (Phi) is 6.50. The van der Waals surface area contributed by atoms with Gasteiger partial charge in [-0.3, -0.25) is 30.1 Å². The lowest BCUT2D eigenvalue weighted by atomic mass is 10.2. The van der Waals surface area contributed by atoms with Gasteiger partial charge in [0.1, 0.15) is 10.1 Å². The van der Waals surface area contributed by atoms with Crippen LogP contribution in [0.5, 0.6) is 0 Å². The van der Waals surface area contributed by atoms with Crippen LogP contribution in [-0.4, -0.2) is 33.5 Å². The standard InChI is InChI=1S/C18H14ClN3O4S2/c19-12-4-1-3-11(9-12)16(24)21-20-15(23)6-7-22-17(25)14(28-18(22)27)10-13-5-2-8-26-13/h1-5,8-10H,6-7H2,(H,20,23)(H,21,24)/b14-10+. The van der Waals surface area contributed by atoms with Crippen LogP contribution < -0.4 is 10.9 Å². The number of hydrogen-bond acceptors (Lipinski definition) is 6. The Hall–Kier alpha value is -2.62. The monoisotopic (exact) mass is 435 g/mol. The summed E-state index contributed by atoms with van der Waals surface area (Å²) in [5.74, 6) is -0.702. The van der Waals surface area contributed by atoms with Gasteiger partial charge in [0.15, 0.2) is 0 Å². The molecular weight excluding hydrogens is 422 g/mol. The molecule has 1 aliphatic heterocycles. The molecule has 2 heterocycles. The van der Waals surface area contributed by atoms with Crippen LogP contribution in [0.3, 0.4) is 0 Å². The number of furan rings is 1. The van der Waals surface area contributed by atoms with Gasteiger partial charge in [0, 0.05) is 29.6 Å². The lowest BCUT2D eigenvalue weighted by Gasteiger charge is -2.14. The Morgan fingerprint density at radius 2 is 2.07 bits per heavy atom. The number of benzene rings is 1. The molecule has 2 N–H and O–H groups in total. The highest BCUT2D eigenvalue weighted by Crippen LogP contribution is 2.32. The van der Waals surface area contributed by atoms with Gasteiger partial charge < -0.3 is 4.42 Å². The Labute approximate surface area is 175 Å². The van der Waals surface area contributed by atoms with E-state index < -0.39 is 11.8 Å². The van der Waals surface area contributed by atoms with E-state index in [0.29, 0.717) is 25.6 Å². The average Bonchev–Trinajstić information content (AvgIpc) is 3.27. The van der Waals surface area contributed by atoms with Crippen LogP contribution >= 0.6 is 35.6 Å². The summed E-state index contributed by atoms with van der Waals surface area (Å²) in [7, 11) is 0. The minimum absolute atomic E-state index is 0.0315. The smallest absolute Gasteiger partial charge is 0.269 e. The summed E-state index contributed by atoms with van der Waals surface area (Å²) in [6.45, 7) is 0.0963. The van der Waals surface area contributed by atoms with Gasteiger partial charge in [0.05, 0.1) is 11.2 Å². The molecule has 1 aromatic carbocycles. The van der Waals surface area contributed by atoms with Crippen LogP contribution in [0.15, 0.2) is 52.0 Å². The van der Waals surface area contributed by atoms with Crippen LogP contribution in [-0.2, 0) is 9.59 Å². The molecule has 2 aromatic rings. The van der Waals surface area contributed by atoms with Crippen molar-refractivity contribution in [3.8, 4) is 0 Å². The Bertz CT molecular complexity index is 960. The number of thiocarbonyl (C=S) groups is 1. The van der Waals surface area contributed by atoms with Gasteiger partial charge in [-0.05, 0) is 30.3 Å². The lowest BCUT2D eigenvalue weighted by Crippen LogP contribution is -2.43.